The number of aromatic carboxylic acids is 1. The fourth-order valence-electron chi connectivity index (χ4n) is 1.51. The second-order valence-corrected chi connectivity index (χ2v) is 3.75. The minimum absolute atomic E-state index is 0.00466. The van der Waals surface area contributed by atoms with E-state index < -0.39 is 17.3 Å². The highest BCUT2D eigenvalue weighted by molar-refractivity contribution is 5.92. The first kappa shape index (κ1) is 12.7. The first-order chi connectivity index (χ1) is 9.06. The van der Waals surface area contributed by atoms with Crippen LogP contribution in [0, 0.1) is 5.82 Å². The Kier molecular flexibility index (Phi) is 3.56. The van der Waals surface area contributed by atoms with Crippen molar-refractivity contribution in [3.05, 3.63) is 48.0 Å². The third-order valence-electron chi connectivity index (χ3n) is 2.35. The Morgan fingerprint density at radius 2 is 2.21 bits per heavy atom. The fraction of sp³-hybridized carbons (Fsp3) is 0.0833. The van der Waals surface area contributed by atoms with E-state index in [9.17, 15) is 14.0 Å². The first-order valence-corrected chi connectivity index (χ1v) is 5.36. The topological polar surface area (TPSA) is 84.2 Å². The molecule has 1 amide bonds. The lowest BCUT2D eigenvalue weighted by atomic mass is 10.2. The van der Waals surface area contributed by atoms with E-state index in [0.29, 0.717) is 0 Å². The zero-order valence-corrected chi connectivity index (χ0v) is 9.71. The number of nitrogens with one attached hydrogen (secondary N) is 1. The van der Waals surface area contributed by atoms with Gasteiger partial charge in [0.15, 0.2) is 0 Å². The van der Waals surface area contributed by atoms with Crippen molar-refractivity contribution in [3.8, 4) is 0 Å². The molecule has 1 aromatic heterocycles. The Morgan fingerprint density at radius 3 is 2.79 bits per heavy atom. The molecule has 0 saturated carbocycles. The van der Waals surface area contributed by atoms with Gasteiger partial charge in [0, 0.05) is 18.1 Å². The molecule has 0 bridgehead atoms. The lowest BCUT2D eigenvalue weighted by molar-refractivity contribution is -0.116. The lowest BCUT2D eigenvalue weighted by Crippen LogP contribution is -2.19. The zero-order chi connectivity index (χ0) is 13.8. The van der Waals surface area contributed by atoms with Crippen molar-refractivity contribution in [2.45, 2.75) is 6.54 Å². The number of amides is 1. The average Bonchev–Trinajstić information content (AvgIpc) is 2.81. The number of hydrogen-bond acceptors (Lipinski definition) is 3. The summed E-state index contributed by atoms with van der Waals surface area (Å²) in [5, 5.41) is 15.0. The molecule has 19 heavy (non-hydrogen) atoms. The van der Waals surface area contributed by atoms with Gasteiger partial charge in [0.25, 0.3) is 0 Å². The van der Waals surface area contributed by atoms with E-state index in [2.05, 4.69) is 10.4 Å². The largest absolute Gasteiger partial charge is 0.478 e. The maximum absolute atomic E-state index is 13.4. The number of carboxylic acids is 1. The summed E-state index contributed by atoms with van der Waals surface area (Å²) in [6, 6.07) is 5.06. The van der Waals surface area contributed by atoms with E-state index in [1.54, 1.807) is 12.3 Å². The van der Waals surface area contributed by atoms with E-state index >= 15 is 0 Å². The molecule has 0 spiro atoms. The number of carbonyl (C=O) groups excluding carboxylic acids is 1. The van der Waals surface area contributed by atoms with Crippen molar-refractivity contribution in [2.75, 3.05) is 5.32 Å². The Labute approximate surface area is 107 Å². The van der Waals surface area contributed by atoms with Gasteiger partial charge < -0.3 is 10.4 Å². The summed E-state index contributed by atoms with van der Waals surface area (Å²) < 4.78 is 14.8. The molecule has 0 fully saturated rings. The molecule has 0 aliphatic rings. The maximum atomic E-state index is 13.4. The lowest BCUT2D eigenvalue weighted by Gasteiger charge is -2.06. The standard InChI is InChI=1S/C12H10FN3O3/c13-10-6-8(2-3-9(10)12(18)19)15-11(17)7-16-5-1-4-14-16/h1-6H,7H2,(H,15,17)(H,18,19). The molecule has 0 aliphatic carbocycles. The number of carboxylic acid groups (broad SMARTS) is 1. The van der Waals surface area contributed by atoms with Gasteiger partial charge in [-0.25, -0.2) is 9.18 Å². The summed E-state index contributed by atoms with van der Waals surface area (Å²) in [7, 11) is 0. The van der Waals surface area contributed by atoms with Crippen LogP contribution in [0.2, 0.25) is 0 Å². The SMILES string of the molecule is O=C(Cn1cccn1)Nc1ccc(C(=O)O)c(F)c1. The maximum Gasteiger partial charge on any atom is 0.338 e. The summed E-state index contributed by atoms with van der Waals surface area (Å²) in [6.07, 6.45) is 3.16. The second-order valence-electron chi connectivity index (χ2n) is 3.75. The number of anilines is 1. The molecule has 2 N–H and O–H groups in total. The van der Waals surface area contributed by atoms with Crippen molar-refractivity contribution in [3.63, 3.8) is 0 Å². The highest BCUT2D eigenvalue weighted by atomic mass is 19.1. The predicted molar refractivity (Wildman–Crippen MR) is 64.2 cm³/mol. The first-order valence-electron chi connectivity index (χ1n) is 5.36. The quantitative estimate of drug-likeness (QED) is 0.872. The number of halogens is 1. The van der Waals surface area contributed by atoms with Crippen LogP contribution in [0.1, 0.15) is 10.4 Å². The predicted octanol–water partition coefficient (Wildman–Crippen LogP) is 1.36. The van der Waals surface area contributed by atoms with Gasteiger partial charge in [-0.3, -0.25) is 9.48 Å². The zero-order valence-electron chi connectivity index (χ0n) is 9.71. The van der Waals surface area contributed by atoms with Gasteiger partial charge in [-0.2, -0.15) is 5.10 Å². The third kappa shape index (κ3) is 3.15. The molecule has 0 aliphatic heterocycles. The molecule has 1 aromatic carbocycles. The van der Waals surface area contributed by atoms with Gasteiger partial charge >= 0.3 is 5.97 Å². The Morgan fingerprint density at radius 1 is 1.42 bits per heavy atom. The minimum atomic E-state index is -1.35. The molecule has 2 aromatic rings. The normalized spacial score (nSPS) is 10.2. The van der Waals surface area contributed by atoms with E-state index in [0.717, 1.165) is 12.1 Å². The van der Waals surface area contributed by atoms with Crippen LogP contribution in [0.5, 0.6) is 0 Å². The molecule has 6 nitrogen and oxygen atoms in total. The van der Waals surface area contributed by atoms with Crippen LogP contribution in [0.15, 0.2) is 36.7 Å². The molecular formula is C12H10FN3O3. The number of nitrogens with zero attached hydrogens (tertiary/aromatic N) is 2. The molecule has 0 saturated heterocycles. The van der Waals surface area contributed by atoms with Crippen molar-refractivity contribution in [2.24, 2.45) is 0 Å². The number of rotatable bonds is 4. The van der Waals surface area contributed by atoms with E-state index in [1.807, 2.05) is 0 Å². The minimum Gasteiger partial charge on any atom is -0.478 e. The molecular weight excluding hydrogens is 253 g/mol. The molecule has 0 radical (unpaired) electrons. The van der Waals surface area contributed by atoms with Crippen molar-refractivity contribution < 1.29 is 19.1 Å². The molecule has 98 valence electrons. The average molecular weight is 263 g/mol. The van der Waals surface area contributed by atoms with Crippen LogP contribution >= 0.6 is 0 Å². The monoisotopic (exact) mass is 263 g/mol. The van der Waals surface area contributed by atoms with Crippen LogP contribution < -0.4 is 5.32 Å². The molecule has 0 unspecified atom stereocenters. The van der Waals surface area contributed by atoms with Gasteiger partial charge in [-0.15, -0.1) is 0 Å². The number of carbonyl (C=O) groups is 2. The smallest absolute Gasteiger partial charge is 0.338 e. The highest BCUT2D eigenvalue weighted by Crippen LogP contribution is 2.14. The summed E-state index contributed by atoms with van der Waals surface area (Å²) in [4.78, 5) is 22.2. The highest BCUT2D eigenvalue weighted by Gasteiger charge is 2.11. The van der Waals surface area contributed by atoms with Crippen LogP contribution in [0.4, 0.5) is 10.1 Å². The van der Waals surface area contributed by atoms with Crippen molar-refractivity contribution in [1.82, 2.24) is 9.78 Å². The van der Waals surface area contributed by atoms with E-state index in [1.165, 1.54) is 16.9 Å². The number of aromatic nitrogens is 2. The number of benzene rings is 1. The van der Waals surface area contributed by atoms with Crippen LogP contribution in [0.3, 0.4) is 0 Å². The van der Waals surface area contributed by atoms with E-state index in [4.69, 9.17) is 5.11 Å². The van der Waals surface area contributed by atoms with Crippen molar-refractivity contribution in [1.29, 1.82) is 0 Å². The summed E-state index contributed by atoms with van der Waals surface area (Å²) in [6.45, 7) is -0.00466. The number of hydrogen-bond donors (Lipinski definition) is 2. The second kappa shape index (κ2) is 5.30. The summed E-state index contributed by atoms with van der Waals surface area (Å²) in [5.74, 6) is -2.64. The van der Waals surface area contributed by atoms with Gasteiger partial charge in [0.2, 0.25) is 5.91 Å². The van der Waals surface area contributed by atoms with Crippen LogP contribution in [-0.4, -0.2) is 26.8 Å². The van der Waals surface area contributed by atoms with E-state index in [-0.39, 0.29) is 18.1 Å². The van der Waals surface area contributed by atoms with Gasteiger partial charge in [-0.1, -0.05) is 0 Å². The Hall–Kier alpha value is -2.70. The van der Waals surface area contributed by atoms with Crippen LogP contribution in [-0.2, 0) is 11.3 Å². The van der Waals surface area contributed by atoms with Crippen molar-refractivity contribution >= 4 is 17.6 Å². The third-order valence-corrected chi connectivity index (χ3v) is 2.35. The van der Waals surface area contributed by atoms with Gasteiger partial charge in [-0.05, 0) is 24.3 Å². The summed E-state index contributed by atoms with van der Waals surface area (Å²) >= 11 is 0. The van der Waals surface area contributed by atoms with Gasteiger partial charge in [0.05, 0.1) is 5.56 Å². The Balaban J connectivity index is 2.05. The molecule has 0 atom stereocenters. The van der Waals surface area contributed by atoms with Gasteiger partial charge in [0.1, 0.15) is 12.4 Å². The molecule has 2 rings (SSSR count). The molecule has 1 heterocycles. The fourth-order valence-corrected chi connectivity index (χ4v) is 1.51. The summed E-state index contributed by atoms with van der Waals surface area (Å²) in [5.41, 5.74) is -0.246. The molecule has 7 heteroatoms. The van der Waals surface area contributed by atoms with Crippen LogP contribution in [0.25, 0.3) is 0 Å². The Bertz CT molecular complexity index is 611.